The van der Waals surface area contributed by atoms with Crippen molar-refractivity contribution < 1.29 is 9.53 Å². The first-order valence-electron chi connectivity index (χ1n) is 5.33. The molecule has 0 spiro atoms. The van der Waals surface area contributed by atoms with E-state index in [2.05, 4.69) is 21.2 Å². The summed E-state index contributed by atoms with van der Waals surface area (Å²) >= 11 is 3.29. The minimum atomic E-state index is -0.618. The highest BCUT2D eigenvalue weighted by Gasteiger charge is 2.14. The fourth-order valence-electron chi connectivity index (χ4n) is 1.29. The zero-order chi connectivity index (χ0) is 13.5. The highest BCUT2D eigenvalue weighted by Crippen LogP contribution is 2.23. The number of methoxy groups -OCH3 is 1. The van der Waals surface area contributed by atoms with E-state index in [1.54, 1.807) is 25.3 Å². The second-order valence-electron chi connectivity index (χ2n) is 3.68. The van der Waals surface area contributed by atoms with Crippen molar-refractivity contribution in [1.29, 1.82) is 5.26 Å². The maximum atomic E-state index is 11.7. The Hall–Kier alpha value is -1.42. The van der Waals surface area contributed by atoms with Crippen molar-refractivity contribution in [3.8, 4) is 6.07 Å². The molecule has 0 aliphatic heterocycles. The number of halogens is 1. The third-order valence-corrected chi connectivity index (χ3v) is 2.98. The average Bonchev–Trinajstić information content (AvgIpc) is 2.38. The number of hydrogen-bond acceptors (Lipinski definition) is 4. The van der Waals surface area contributed by atoms with Crippen molar-refractivity contribution in [1.82, 2.24) is 0 Å². The molecule has 1 rings (SSSR count). The van der Waals surface area contributed by atoms with Crippen molar-refractivity contribution >= 4 is 27.5 Å². The Kier molecular flexibility index (Phi) is 5.78. The van der Waals surface area contributed by atoms with Crippen molar-refractivity contribution in [3.05, 3.63) is 28.2 Å². The number of benzene rings is 1. The van der Waals surface area contributed by atoms with Crippen molar-refractivity contribution in [2.24, 2.45) is 5.73 Å². The standard InChI is InChI=1S/C12H14BrN3O2/c1-18-5-4-10(15)12(17)16-11-3-2-8(7-14)6-9(11)13/h2-3,6,10H,4-5,15H2,1H3,(H,16,17). The van der Waals surface area contributed by atoms with Gasteiger partial charge in [0.2, 0.25) is 5.91 Å². The molecule has 3 N–H and O–H groups in total. The molecule has 6 heteroatoms. The highest BCUT2D eigenvalue weighted by molar-refractivity contribution is 9.10. The van der Waals surface area contributed by atoms with Crippen LogP contribution in [-0.2, 0) is 9.53 Å². The summed E-state index contributed by atoms with van der Waals surface area (Å²) in [5, 5.41) is 11.4. The third kappa shape index (κ3) is 4.11. The molecule has 18 heavy (non-hydrogen) atoms. The van der Waals surface area contributed by atoms with Crippen LogP contribution in [0.15, 0.2) is 22.7 Å². The Morgan fingerprint density at radius 2 is 2.39 bits per heavy atom. The SMILES string of the molecule is COCCC(N)C(=O)Nc1ccc(C#N)cc1Br. The number of ether oxygens (including phenoxy) is 1. The van der Waals surface area contributed by atoms with Crippen molar-refractivity contribution in [2.45, 2.75) is 12.5 Å². The second-order valence-corrected chi connectivity index (χ2v) is 4.54. The van der Waals surface area contributed by atoms with Crippen LogP contribution in [-0.4, -0.2) is 25.7 Å². The molecule has 1 atom stereocenters. The van der Waals surface area contributed by atoms with E-state index >= 15 is 0 Å². The van der Waals surface area contributed by atoms with Crippen LogP contribution in [0.2, 0.25) is 0 Å². The van der Waals surface area contributed by atoms with Gasteiger partial charge in [0, 0.05) is 18.2 Å². The molecule has 0 saturated carbocycles. The quantitative estimate of drug-likeness (QED) is 0.865. The first-order chi connectivity index (χ1) is 8.58. The van der Waals surface area contributed by atoms with Gasteiger partial charge in [-0.25, -0.2) is 0 Å². The number of rotatable bonds is 5. The Morgan fingerprint density at radius 3 is 2.94 bits per heavy atom. The summed E-state index contributed by atoms with van der Waals surface area (Å²) in [6.07, 6.45) is 0.455. The van der Waals surface area contributed by atoms with Crippen LogP contribution in [0.3, 0.4) is 0 Å². The first-order valence-corrected chi connectivity index (χ1v) is 6.12. The molecule has 5 nitrogen and oxygen atoms in total. The van der Waals surface area contributed by atoms with E-state index < -0.39 is 6.04 Å². The fraction of sp³-hybridized carbons (Fsp3) is 0.333. The van der Waals surface area contributed by atoms with E-state index in [0.717, 1.165) is 0 Å². The smallest absolute Gasteiger partial charge is 0.241 e. The number of carbonyl (C=O) groups is 1. The van der Waals surface area contributed by atoms with Gasteiger partial charge >= 0.3 is 0 Å². The zero-order valence-electron chi connectivity index (χ0n) is 9.94. The molecule has 0 aliphatic rings. The van der Waals surface area contributed by atoms with Crippen LogP contribution in [0.25, 0.3) is 0 Å². The summed E-state index contributed by atoms with van der Waals surface area (Å²) in [4.78, 5) is 11.7. The second kappa shape index (κ2) is 7.11. The zero-order valence-corrected chi connectivity index (χ0v) is 11.5. The third-order valence-electron chi connectivity index (χ3n) is 2.33. The minimum Gasteiger partial charge on any atom is -0.385 e. The number of nitrogens with zero attached hydrogens (tertiary/aromatic N) is 1. The minimum absolute atomic E-state index is 0.280. The van der Waals surface area contributed by atoms with Gasteiger partial charge in [-0.15, -0.1) is 0 Å². The average molecular weight is 312 g/mol. The molecule has 0 aliphatic carbocycles. The van der Waals surface area contributed by atoms with E-state index in [9.17, 15) is 4.79 Å². The van der Waals surface area contributed by atoms with Crippen LogP contribution in [0.5, 0.6) is 0 Å². The number of anilines is 1. The predicted molar refractivity (Wildman–Crippen MR) is 72.0 cm³/mol. The number of hydrogen-bond donors (Lipinski definition) is 2. The fourth-order valence-corrected chi connectivity index (χ4v) is 1.77. The van der Waals surface area contributed by atoms with Crippen LogP contribution in [0.1, 0.15) is 12.0 Å². The van der Waals surface area contributed by atoms with E-state index in [4.69, 9.17) is 15.7 Å². The first kappa shape index (κ1) is 14.6. The van der Waals surface area contributed by atoms with E-state index in [0.29, 0.717) is 28.8 Å². The van der Waals surface area contributed by atoms with Gasteiger partial charge < -0.3 is 15.8 Å². The molecule has 1 aromatic carbocycles. The Balaban J connectivity index is 2.67. The van der Waals surface area contributed by atoms with Crippen molar-refractivity contribution in [2.75, 3.05) is 19.0 Å². The lowest BCUT2D eigenvalue weighted by molar-refractivity contribution is -0.117. The number of nitriles is 1. The lowest BCUT2D eigenvalue weighted by atomic mass is 10.2. The summed E-state index contributed by atoms with van der Waals surface area (Å²) < 4.78 is 5.51. The summed E-state index contributed by atoms with van der Waals surface area (Å²) in [7, 11) is 1.56. The maximum Gasteiger partial charge on any atom is 0.241 e. The monoisotopic (exact) mass is 311 g/mol. The molecule has 0 heterocycles. The number of amides is 1. The van der Waals surface area contributed by atoms with E-state index in [1.807, 2.05) is 6.07 Å². The number of nitrogens with two attached hydrogens (primary N) is 1. The predicted octanol–water partition coefficient (Wildman–Crippen LogP) is 1.62. The largest absolute Gasteiger partial charge is 0.385 e. The van der Waals surface area contributed by atoms with Gasteiger partial charge in [0.25, 0.3) is 0 Å². The lowest BCUT2D eigenvalue weighted by Gasteiger charge is -2.12. The highest BCUT2D eigenvalue weighted by atomic mass is 79.9. The Labute approximate surface area is 114 Å². The Morgan fingerprint density at radius 1 is 1.67 bits per heavy atom. The van der Waals surface area contributed by atoms with Gasteiger partial charge in [-0.3, -0.25) is 4.79 Å². The maximum absolute atomic E-state index is 11.7. The molecular formula is C12H14BrN3O2. The summed E-state index contributed by atoms with van der Waals surface area (Å²) in [6.45, 7) is 0.434. The van der Waals surface area contributed by atoms with Crippen molar-refractivity contribution in [3.63, 3.8) is 0 Å². The molecule has 1 unspecified atom stereocenters. The molecule has 0 fully saturated rings. The van der Waals surface area contributed by atoms with Gasteiger partial charge in [0.15, 0.2) is 0 Å². The normalized spacial score (nSPS) is 11.7. The molecular weight excluding hydrogens is 298 g/mol. The summed E-state index contributed by atoms with van der Waals surface area (Å²) in [5.74, 6) is -0.280. The van der Waals surface area contributed by atoms with E-state index in [1.165, 1.54) is 0 Å². The van der Waals surface area contributed by atoms with Crippen LogP contribution in [0, 0.1) is 11.3 Å². The topological polar surface area (TPSA) is 88.1 Å². The van der Waals surface area contributed by atoms with Crippen LogP contribution >= 0.6 is 15.9 Å². The molecule has 0 aromatic heterocycles. The van der Waals surface area contributed by atoms with Gasteiger partial charge in [0.1, 0.15) is 0 Å². The molecule has 1 aromatic rings. The number of nitrogens with one attached hydrogen (secondary N) is 1. The molecule has 96 valence electrons. The molecule has 0 saturated heterocycles. The van der Waals surface area contributed by atoms with Gasteiger partial charge in [-0.05, 0) is 40.5 Å². The van der Waals surface area contributed by atoms with Crippen LogP contribution in [0.4, 0.5) is 5.69 Å². The van der Waals surface area contributed by atoms with E-state index in [-0.39, 0.29) is 5.91 Å². The summed E-state index contributed by atoms with van der Waals surface area (Å²) in [6, 6.07) is 6.31. The lowest BCUT2D eigenvalue weighted by Crippen LogP contribution is -2.36. The molecule has 0 radical (unpaired) electrons. The Bertz CT molecular complexity index is 471. The van der Waals surface area contributed by atoms with Gasteiger partial charge in [-0.2, -0.15) is 5.26 Å². The van der Waals surface area contributed by atoms with Gasteiger partial charge in [-0.1, -0.05) is 0 Å². The number of carbonyl (C=O) groups excluding carboxylic acids is 1. The summed E-state index contributed by atoms with van der Waals surface area (Å²) in [5.41, 5.74) is 6.80. The van der Waals surface area contributed by atoms with Crippen LogP contribution < -0.4 is 11.1 Å². The van der Waals surface area contributed by atoms with Gasteiger partial charge in [0.05, 0.1) is 23.4 Å². The molecule has 1 amide bonds. The molecule has 0 bridgehead atoms.